The maximum absolute atomic E-state index is 10.8. The third kappa shape index (κ3) is 1.04. The zero-order chi connectivity index (χ0) is 6.91. The third-order valence-corrected chi connectivity index (χ3v) is 2.23. The number of hydrogen-bond acceptors (Lipinski definition) is 2. The molecular formula is C6H9ClO2. The Labute approximate surface area is 59.1 Å². The van der Waals surface area contributed by atoms with Gasteiger partial charge in [0.15, 0.2) is 0 Å². The van der Waals surface area contributed by atoms with Gasteiger partial charge in [-0.1, -0.05) is 0 Å². The van der Waals surface area contributed by atoms with E-state index in [1.807, 2.05) is 0 Å². The Morgan fingerprint density at radius 1 is 1.67 bits per heavy atom. The number of hydrogen-bond donors (Lipinski definition) is 0. The largest absolute Gasteiger partial charge is 0.468 e. The first-order valence-corrected chi connectivity index (χ1v) is 3.34. The van der Waals surface area contributed by atoms with Gasteiger partial charge in [-0.3, -0.25) is 4.79 Å². The van der Waals surface area contributed by atoms with Crippen molar-refractivity contribution in [2.45, 2.75) is 24.1 Å². The smallest absolute Gasteiger partial charge is 0.326 e. The van der Waals surface area contributed by atoms with Crippen LogP contribution in [0.5, 0.6) is 0 Å². The quantitative estimate of drug-likeness (QED) is 0.414. The van der Waals surface area contributed by atoms with Crippen LogP contribution in [0.1, 0.15) is 19.3 Å². The fourth-order valence-electron chi connectivity index (χ4n) is 0.874. The lowest BCUT2D eigenvalue weighted by atomic mass is 9.84. The van der Waals surface area contributed by atoms with Crippen molar-refractivity contribution in [3.8, 4) is 0 Å². The summed E-state index contributed by atoms with van der Waals surface area (Å²) in [5.41, 5.74) is 0. The molecule has 0 unspecified atom stereocenters. The highest BCUT2D eigenvalue weighted by atomic mass is 35.5. The molecule has 1 fully saturated rings. The van der Waals surface area contributed by atoms with Crippen molar-refractivity contribution in [1.82, 2.24) is 0 Å². The minimum absolute atomic E-state index is 0.282. The zero-order valence-electron chi connectivity index (χ0n) is 5.32. The van der Waals surface area contributed by atoms with E-state index in [0.29, 0.717) is 0 Å². The van der Waals surface area contributed by atoms with Crippen molar-refractivity contribution >= 4 is 17.6 Å². The molecule has 0 N–H and O–H groups in total. The van der Waals surface area contributed by atoms with E-state index in [1.165, 1.54) is 7.11 Å². The molecule has 2 nitrogen and oxygen atoms in total. The molecule has 1 rings (SSSR count). The minimum Gasteiger partial charge on any atom is -0.468 e. The molecule has 0 saturated heterocycles. The van der Waals surface area contributed by atoms with Crippen LogP contribution >= 0.6 is 11.6 Å². The van der Waals surface area contributed by atoms with Crippen LogP contribution in [-0.4, -0.2) is 18.0 Å². The van der Waals surface area contributed by atoms with Gasteiger partial charge in [-0.15, -0.1) is 11.6 Å². The summed E-state index contributed by atoms with van der Waals surface area (Å²) in [7, 11) is 1.37. The van der Waals surface area contributed by atoms with E-state index >= 15 is 0 Å². The molecule has 0 aliphatic heterocycles. The number of esters is 1. The SMILES string of the molecule is COC(=O)C1(Cl)CCC1. The maximum atomic E-state index is 10.8. The van der Waals surface area contributed by atoms with Crippen LogP contribution < -0.4 is 0 Å². The fraction of sp³-hybridized carbons (Fsp3) is 0.833. The van der Waals surface area contributed by atoms with Gasteiger partial charge in [0, 0.05) is 0 Å². The molecule has 0 spiro atoms. The van der Waals surface area contributed by atoms with Gasteiger partial charge in [0.25, 0.3) is 0 Å². The summed E-state index contributed by atoms with van der Waals surface area (Å²) in [4.78, 5) is 10.1. The lowest BCUT2D eigenvalue weighted by Gasteiger charge is -2.31. The number of ether oxygens (including phenoxy) is 1. The summed E-state index contributed by atoms with van der Waals surface area (Å²) in [6.07, 6.45) is 2.57. The molecule has 0 aromatic rings. The highest BCUT2D eigenvalue weighted by Crippen LogP contribution is 2.38. The Balaban J connectivity index is 2.49. The molecule has 0 aromatic heterocycles. The molecule has 0 heterocycles. The molecule has 0 amide bonds. The second kappa shape index (κ2) is 2.18. The van der Waals surface area contributed by atoms with Crippen LogP contribution in [0.25, 0.3) is 0 Å². The summed E-state index contributed by atoms with van der Waals surface area (Å²) < 4.78 is 4.49. The van der Waals surface area contributed by atoms with Gasteiger partial charge in [-0.25, -0.2) is 0 Å². The predicted octanol–water partition coefficient (Wildman–Crippen LogP) is 1.32. The van der Waals surface area contributed by atoms with E-state index < -0.39 is 4.87 Å². The molecule has 0 bridgehead atoms. The van der Waals surface area contributed by atoms with Gasteiger partial charge in [0.05, 0.1) is 7.11 Å². The van der Waals surface area contributed by atoms with Crippen LogP contribution in [0.15, 0.2) is 0 Å². The lowest BCUT2D eigenvalue weighted by molar-refractivity contribution is -0.146. The van der Waals surface area contributed by atoms with Gasteiger partial charge in [0.2, 0.25) is 0 Å². The molecule has 0 aromatic carbocycles. The minimum atomic E-state index is -0.658. The first-order valence-electron chi connectivity index (χ1n) is 2.96. The summed E-state index contributed by atoms with van der Waals surface area (Å²) in [6.45, 7) is 0. The number of carbonyl (C=O) groups is 1. The number of carbonyl (C=O) groups excluding carboxylic acids is 1. The first kappa shape index (κ1) is 6.87. The molecule has 9 heavy (non-hydrogen) atoms. The third-order valence-electron chi connectivity index (χ3n) is 1.70. The predicted molar refractivity (Wildman–Crippen MR) is 34.5 cm³/mol. The molecule has 0 atom stereocenters. The van der Waals surface area contributed by atoms with Gasteiger partial charge < -0.3 is 4.74 Å². The average molecular weight is 149 g/mol. The van der Waals surface area contributed by atoms with Gasteiger partial charge in [-0.2, -0.15) is 0 Å². The molecule has 52 valence electrons. The molecule has 1 aliphatic carbocycles. The number of rotatable bonds is 1. The summed E-state index contributed by atoms with van der Waals surface area (Å²) in [6, 6.07) is 0. The van der Waals surface area contributed by atoms with E-state index in [2.05, 4.69) is 4.74 Å². The van der Waals surface area contributed by atoms with Gasteiger partial charge in [0.1, 0.15) is 4.87 Å². The second-order valence-electron chi connectivity index (χ2n) is 2.31. The van der Waals surface area contributed by atoms with Crippen molar-refractivity contribution in [3.05, 3.63) is 0 Å². The number of alkyl halides is 1. The fourth-order valence-corrected chi connectivity index (χ4v) is 1.22. The molecule has 3 heteroatoms. The topological polar surface area (TPSA) is 26.3 Å². The Bertz CT molecular complexity index is 129. The monoisotopic (exact) mass is 148 g/mol. The molecule has 0 radical (unpaired) electrons. The van der Waals surface area contributed by atoms with E-state index in [-0.39, 0.29) is 5.97 Å². The van der Waals surface area contributed by atoms with E-state index in [4.69, 9.17) is 11.6 Å². The van der Waals surface area contributed by atoms with Crippen LogP contribution in [0.4, 0.5) is 0 Å². The highest BCUT2D eigenvalue weighted by molar-refractivity contribution is 6.34. The standard InChI is InChI=1S/C6H9ClO2/c1-9-5(8)6(7)3-2-4-6/h2-4H2,1H3. The van der Waals surface area contributed by atoms with E-state index in [9.17, 15) is 4.79 Å². The van der Waals surface area contributed by atoms with Crippen molar-refractivity contribution in [2.24, 2.45) is 0 Å². The number of methoxy groups -OCH3 is 1. The van der Waals surface area contributed by atoms with Gasteiger partial charge >= 0.3 is 5.97 Å². The zero-order valence-corrected chi connectivity index (χ0v) is 6.07. The van der Waals surface area contributed by atoms with E-state index in [0.717, 1.165) is 19.3 Å². The van der Waals surface area contributed by atoms with E-state index in [1.54, 1.807) is 0 Å². The number of halogens is 1. The van der Waals surface area contributed by atoms with Crippen LogP contribution in [-0.2, 0) is 9.53 Å². The summed E-state index contributed by atoms with van der Waals surface area (Å²) in [5, 5.41) is 0. The Kier molecular flexibility index (Phi) is 1.66. The Morgan fingerprint density at radius 3 is 2.33 bits per heavy atom. The summed E-state index contributed by atoms with van der Waals surface area (Å²) in [5.74, 6) is -0.282. The van der Waals surface area contributed by atoms with Crippen molar-refractivity contribution < 1.29 is 9.53 Å². The van der Waals surface area contributed by atoms with Crippen LogP contribution in [0.3, 0.4) is 0 Å². The van der Waals surface area contributed by atoms with Crippen LogP contribution in [0.2, 0.25) is 0 Å². The van der Waals surface area contributed by atoms with Crippen molar-refractivity contribution in [1.29, 1.82) is 0 Å². The van der Waals surface area contributed by atoms with Gasteiger partial charge in [-0.05, 0) is 19.3 Å². The normalized spacial score (nSPS) is 22.4. The molecule has 1 saturated carbocycles. The molecule has 1 aliphatic rings. The summed E-state index contributed by atoms with van der Waals surface area (Å²) >= 11 is 5.78. The Hall–Kier alpha value is -0.240. The van der Waals surface area contributed by atoms with Crippen molar-refractivity contribution in [3.63, 3.8) is 0 Å². The van der Waals surface area contributed by atoms with Crippen LogP contribution in [0, 0.1) is 0 Å². The highest BCUT2D eigenvalue weighted by Gasteiger charge is 2.43. The first-order chi connectivity index (χ1) is 4.19. The lowest BCUT2D eigenvalue weighted by Crippen LogP contribution is -2.40. The molecular weight excluding hydrogens is 140 g/mol. The maximum Gasteiger partial charge on any atom is 0.326 e. The van der Waals surface area contributed by atoms with Crippen molar-refractivity contribution in [2.75, 3.05) is 7.11 Å². The second-order valence-corrected chi connectivity index (χ2v) is 3.03. The Morgan fingerprint density at radius 2 is 2.22 bits per heavy atom. The average Bonchev–Trinajstić information content (AvgIpc) is 1.81.